The summed E-state index contributed by atoms with van der Waals surface area (Å²) in [6.45, 7) is 4.44. The summed E-state index contributed by atoms with van der Waals surface area (Å²) in [7, 11) is 1.47. The van der Waals surface area contributed by atoms with Gasteiger partial charge in [-0.1, -0.05) is 0 Å². The topological polar surface area (TPSA) is 75.9 Å². The number of aryl methyl sites for hydroxylation is 1. The summed E-state index contributed by atoms with van der Waals surface area (Å²) in [5, 5.41) is 7.18. The van der Waals surface area contributed by atoms with Crippen molar-refractivity contribution in [1.29, 1.82) is 0 Å². The number of rotatable bonds is 5. The highest BCUT2D eigenvalue weighted by molar-refractivity contribution is 7.05. The summed E-state index contributed by atoms with van der Waals surface area (Å²) in [4.78, 5) is 19.1. The lowest BCUT2D eigenvalue weighted by Gasteiger charge is -2.25. The normalized spacial score (nSPS) is 16.6. The summed E-state index contributed by atoms with van der Waals surface area (Å²) in [5.41, 5.74) is -0.352. The minimum absolute atomic E-state index is 0.0779. The standard InChI is InChI=1S/C16H22F2N6OS/c1-10(14-20-15(22-26-14)24-7-5-4-6-8-24)19-13(25)11-9-12(16(2,17)18)21-23(11)3/h9-10H,4-8H2,1-3H3,(H,19,25)/t10-/m1/s1. The Kier molecular flexibility index (Phi) is 5.22. The maximum Gasteiger partial charge on any atom is 0.288 e. The molecule has 7 nitrogen and oxygen atoms in total. The number of nitrogens with one attached hydrogen (secondary N) is 1. The van der Waals surface area contributed by atoms with Crippen LogP contribution in [0.4, 0.5) is 14.7 Å². The molecule has 1 fully saturated rings. The van der Waals surface area contributed by atoms with E-state index in [0.717, 1.165) is 43.6 Å². The Labute approximate surface area is 154 Å². The summed E-state index contributed by atoms with van der Waals surface area (Å²) in [5.74, 6) is -2.87. The van der Waals surface area contributed by atoms with Crippen molar-refractivity contribution in [2.24, 2.45) is 7.05 Å². The molecule has 26 heavy (non-hydrogen) atoms. The largest absolute Gasteiger partial charge is 0.342 e. The van der Waals surface area contributed by atoms with Gasteiger partial charge in [0.15, 0.2) is 0 Å². The molecule has 1 N–H and O–H groups in total. The van der Waals surface area contributed by atoms with Crippen molar-refractivity contribution in [2.45, 2.75) is 45.1 Å². The second-order valence-electron chi connectivity index (χ2n) is 6.60. The maximum absolute atomic E-state index is 13.4. The molecule has 0 spiro atoms. The summed E-state index contributed by atoms with van der Waals surface area (Å²) < 4.78 is 32.3. The average Bonchev–Trinajstić information content (AvgIpc) is 3.22. The lowest BCUT2D eigenvalue weighted by Crippen LogP contribution is -2.30. The zero-order valence-electron chi connectivity index (χ0n) is 15.0. The van der Waals surface area contributed by atoms with Gasteiger partial charge in [-0.05, 0) is 43.8 Å². The van der Waals surface area contributed by atoms with Crippen LogP contribution in [0.5, 0.6) is 0 Å². The van der Waals surface area contributed by atoms with Gasteiger partial charge in [-0.3, -0.25) is 9.48 Å². The van der Waals surface area contributed by atoms with Gasteiger partial charge in [0.1, 0.15) is 16.4 Å². The van der Waals surface area contributed by atoms with E-state index in [1.54, 1.807) is 6.92 Å². The quantitative estimate of drug-likeness (QED) is 0.858. The minimum Gasteiger partial charge on any atom is -0.342 e. The highest BCUT2D eigenvalue weighted by Gasteiger charge is 2.30. The average molecular weight is 384 g/mol. The van der Waals surface area contributed by atoms with Gasteiger partial charge >= 0.3 is 0 Å². The van der Waals surface area contributed by atoms with Crippen molar-refractivity contribution < 1.29 is 13.6 Å². The third kappa shape index (κ3) is 4.00. The molecule has 142 valence electrons. The van der Waals surface area contributed by atoms with E-state index in [0.29, 0.717) is 11.0 Å². The van der Waals surface area contributed by atoms with Gasteiger partial charge in [0.25, 0.3) is 11.8 Å². The number of alkyl halides is 2. The monoisotopic (exact) mass is 384 g/mol. The second kappa shape index (κ2) is 7.26. The van der Waals surface area contributed by atoms with Gasteiger partial charge in [0, 0.05) is 27.1 Å². The predicted molar refractivity (Wildman–Crippen MR) is 94.6 cm³/mol. The fraction of sp³-hybridized carbons (Fsp3) is 0.625. The first kappa shape index (κ1) is 18.7. The van der Waals surface area contributed by atoms with E-state index < -0.39 is 17.5 Å². The Hall–Kier alpha value is -2.10. The molecule has 1 atom stereocenters. The molecule has 10 heteroatoms. The van der Waals surface area contributed by atoms with E-state index in [2.05, 4.69) is 24.7 Å². The number of anilines is 1. The van der Waals surface area contributed by atoms with E-state index in [1.807, 2.05) is 0 Å². The zero-order chi connectivity index (χ0) is 18.9. The molecule has 1 aliphatic rings. The second-order valence-corrected chi connectivity index (χ2v) is 7.39. The summed E-state index contributed by atoms with van der Waals surface area (Å²) >= 11 is 1.24. The van der Waals surface area contributed by atoms with E-state index >= 15 is 0 Å². The number of aromatic nitrogens is 4. The van der Waals surface area contributed by atoms with Crippen molar-refractivity contribution >= 4 is 23.4 Å². The molecule has 2 aromatic heterocycles. The SMILES string of the molecule is C[C@@H](NC(=O)c1cc(C(C)(F)F)nn1C)c1nc(N2CCCCC2)ns1. The molecule has 2 aromatic rings. The predicted octanol–water partition coefficient (Wildman–Crippen LogP) is 2.86. The van der Waals surface area contributed by atoms with Crippen LogP contribution in [0.3, 0.4) is 0 Å². The van der Waals surface area contributed by atoms with Crippen LogP contribution in [0.2, 0.25) is 0 Å². The molecule has 1 aliphatic heterocycles. The molecule has 0 aromatic carbocycles. The van der Waals surface area contributed by atoms with Gasteiger partial charge in [0.2, 0.25) is 5.95 Å². The van der Waals surface area contributed by atoms with Crippen LogP contribution >= 0.6 is 11.5 Å². The van der Waals surface area contributed by atoms with E-state index in [1.165, 1.54) is 25.0 Å². The Morgan fingerprint density at radius 1 is 1.35 bits per heavy atom. The molecule has 1 saturated heterocycles. The number of hydrogen-bond donors (Lipinski definition) is 1. The van der Waals surface area contributed by atoms with Crippen LogP contribution in [-0.2, 0) is 13.0 Å². The number of piperidine rings is 1. The number of nitrogens with zero attached hydrogens (tertiary/aromatic N) is 5. The Morgan fingerprint density at radius 3 is 2.65 bits per heavy atom. The van der Waals surface area contributed by atoms with Gasteiger partial charge in [-0.25, -0.2) is 4.98 Å². The molecule has 0 saturated carbocycles. The van der Waals surface area contributed by atoms with Crippen molar-refractivity contribution in [3.8, 4) is 0 Å². The van der Waals surface area contributed by atoms with Crippen molar-refractivity contribution in [1.82, 2.24) is 24.5 Å². The molecule has 1 amide bonds. The Balaban J connectivity index is 1.68. The van der Waals surface area contributed by atoms with Crippen molar-refractivity contribution in [3.05, 3.63) is 22.5 Å². The first-order chi connectivity index (χ1) is 12.3. The van der Waals surface area contributed by atoms with Crippen LogP contribution in [0.25, 0.3) is 0 Å². The van der Waals surface area contributed by atoms with E-state index in [4.69, 9.17) is 0 Å². The summed E-state index contributed by atoms with van der Waals surface area (Å²) in [6, 6.07) is 0.737. The first-order valence-corrected chi connectivity index (χ1v) is 9.35. The van der Waals surface area contributed by atoms with E-state index in [9.17, 15) is 13.6 Å². The van der Waals surface area contributed by atoms with Crippen LogP contribution in [0.1, 0.15) is 60.3 Å². The highest BCUT2D eigenvalue weighted by atomic mass is 32.1. The van der Waals surface area contributed by atoms with Gasteiger partial charge < -0.3 is 10.2 Å². The fourth-order valence-electron chi connectivity index (χ4n) is 2.85. The van der Waals surface area contributed by atoms with Crippen LogP contribution in [0, 0.1) is 0 Å². The van der Waals surface area contributed by atoms with E-state index in [-0.39, 0.29) is 11.7 Å². The molecule has 0 unspecified atom stereocenters. The molecular weight excluding hydrogens is 362 g/mol. The Bertz CT molecular complexity index is 778. The van der Waals surface area contributed by atoms with Gasteiger partial charge in [0.05, 0.1) is 6.04 Å². The third-order valence-electron chi connectivity index (χ3n) is 4.35. The summed E-state index contributed by atoms with van der Waals surface area (Å²) in [6.07, 6.45) is 3.49. The number of hydrogen-bond acceptors (Lipinski definition) is 6. The molecule has 3 heterocycles. The lowest BCUT2D eigenvalue weighted by molar-refractivity contribution is 0.0122. The molecule has 0 bridgehead atoms. The molecular formula is C16H22F2N6OS. The minimum atomic E-state index is -3.09. The highest BCUT2D eigenvalue weighted by Crippen LogP contribution is 2.26. The van der Waals surface area contributed by atoms with Gasteiger partial charge in [-0.15, -0.1) is 0 Å². The van der Waals surface area contributed by atoms with Crippen LogP contribution in [-0.4, -0.2) is 38.1 Å². The smallest absolute Gasteiger partial charge is 0.288 e. The lowest BCUT2D eigenvalue weighted by atomic mass is 10.1. The van der Waals surface area contributed by atoms with Crippen molar-refractivity contribution in [2.75, 3.05) is 18.0 Å². The molecule has 0 radical (unpaired) electrons. The van der Waals surface area contributed by atoms with Crippen LogP contribution < -0.4 is 10.2 Å². The third-order valence-corrected chi connectivity index (χ3v) is 5.24. The number of carbonyl (C=O) groups is 1. The van der Waals surface area contributed by atoms with Gasteiger partial charge in [-0.2, -0.15) is 18.3 Å². The fourth-order valence-corrected chi connectivity index (χ4v) is 3.52. The number of halogens is 2. The number of carbonyl (C=O) groups excluding carboxylic acids is 1. The molecule has 3 rings (SSSR count). The van der Waals surface area contributed by atoms with Crippen LogP contribution in [0.15, 0.2) is 6.07 Å². The first-order valence-electron chi connectivity index (χ1n) is 8.57. The molecule has 0 aliphatic carbocycles. The maximum atomic E-state index is 13.4. The van der Waals surface area contributed by atoms with Crippen molar-refractivity contribution in [3.63, 3.8) is 0 Å². The Morgan fingerprint density at radius 2 is 2.04 bits per heavy atom. The number of amides is 1. The zero-order valence-corrected chi connectivity index (χ0v) is 15.8.